The van der Waals surface area contributed by atoms with Crippen LogP contribution in [-0.4, -0.2) is 37.7 Å². The minimum atomic E-state index is 0.628. The summed E-state index contributed by atoms with van der Waals surface area (Å²) in [6.45, 7) is 5.20. The molecule has 0 atom stereocenters. The molecular formula is C22H30N2O. The topological polar surface area (TPSA) is 24.5 Å². The highest BCUT2D eigenvalue weighted by Gasteiger charge is 2.18. The number of nitrogens with zero attached hydrogens (tertiary/aromatic N) is 1. The van der Waals surface area contributed by atoms with Gasteiger partial charge in [-0.25, -0.2) is 0 Å². The predicted octanol–water partition coefficient (Wildman–Crippen LogP) is 3.63. The molecule has 1 heterocycles. The molecule has 0 radical (unpaired) electrons. The van der Waals surface area contributed by atoms with E-state index in [4.69, 9.17) is 4.74 Å². The van der Waals surface area contributed by atoms with E-state index in [2.05, 4.69) is 64.8 Å². The minimum Gasteiger partial charge on any atom is -0.380 e. The Balaban J connectivity index is 1.39. The zero-order valence-corrected chi connectivity index (χ0v) is 15.3. The average molecular weight is 338 g/mol. The van der Waals surface area contributed by atoms with Crippen LogP contribution in [0.2, 0.25) is 0 Å². The minimum absolute atomic E-state index is 0.628. The summed E-state index contributed by atoms with van der Waals surface area (Å²) >= 11 is 0. The molecule has 25 heavy (non-hydrogen) atoms. The number of rotatable bonds is 8. The fourth-order valence-electron chi connectivity index (χ4n) is 3.57. The van der Waals surface area contributed by atoms with Gasteiger partial charge in [0.1, 0.15) is 0 Å². The molecule has 2 aromatic rings. The molecule has 0 unspecified atom stereocenters. The third-order valence-corrected chi connectivity index (χ3v) is 5.15. The monoisotopic (exact) mass is 338 g/mol. The molecule has 0 bridgehead atoms. The van der Waals surface area contributed by atoms with Crippen LogP contribution in [-0.2, 0) is 24.3 Å². The Morgan fingerprint density at radius 1 is 0.960 bits per heavy atom. The van der Waals surface area contributed by atoms with Crippen molar-refractivity contribution in [2.24, 2.45) is 0 Å². The standard InChI is InChI=1S/C22H30N2O/c1-25-18-21-10-6-5-9-20(21)17-23-22-12-15-24(16-13-22)14-11-19-7-3-2-4-8-19/h2-10,22-23H,11-18H2,1H3. The summed E-state index contributed by atoms with van der Waals surface area (Å²) in [6.07, 6.45) is 3.63. The molecule has 0 spiro atoms. The Labute approximate surface area is 152 Å². The Morgan fingerprint density at radius 2 is 1.64 bits per heavy atom. The first-order valence-electron chi connectivity index (χ1n) is 9.40. The molecule has 3 nitrogen and oxygen atoms in total. The van der Waals surface area contributed by atoms with Gasteiger partial charge in [0.15, 0.2) is 0 Å². The summed E-state index contributed by atoms with van der Waals surface area (Å²) < 4.78 is 5.30. The first-order valence-corrected chi connectivity index (χ1v) is 9.40. The van der Waals surface area contributed by atoms with Crippen LogP contribution >= 0.6 is 0 Å². The van der Waals surface area contributed by atoms with Crippen molar-refractivity contribution in [3.05, 3.63) is 71.3 Å². The van der Waals surface area contributed by atoms with Crippen LogP contribution < -0.4 is 5.32 Å². The summed E-state index contributed by atoms with van der Waals surface area (Å²) in [7, 11) is 1.76. The van der Waals surface area contributed by atoms with E-state index in [-0.39, 0.29) is 0 Å². The van der Waals surface area contributed by atoms with E-state index >= 15 is 0 Å². The van der Waals surface area contributed by atoms with Crippen molar-refractivity contribution in [2.75, 3.05) is 26.7 Å². The maximum Gasteiger partial charge on any atom is 0.0716 e. The zero-order valence-electron chi connectivity index (χ0n) is 15.3. The molecule has 2 aromatic carbocycles. The normalized spacial score (nSPS) is 16.2. The summed E-state index contributed by atoms with van der Waals surface area (Å²) in [4.78, 5) is 2.60. The highest BCUT2D eigenvalue weighted by Crippen LogP contribution is 2.14. The van der Waals surface area contributed by atoms with Crippen molar-refractivity contribution < 1.29 is 4.74 Å². The summed E-state index contributed by atoms with van der Waals surface area (Å²) in [6, 6.07) is 20.0. The fraction of sp³-hybridized carbons (Fsp3) is 0.455. The number of piperidine rings is 1. The van der Waals surface area contributed by atoms with Crippen LogP contribution in [0.3, 0.4) is 0 Å². The third-order valence-electron chi connectivity index (χ3n) is 5.15. The van der Waals surface area contributed by atoms with Gasteiger partial charge in [-0.15, -0.1) is 0 Å². The van der Waals surface area contributed by atoms with Gasteiger partial charge in [-0.1, -0.05) is 54.6 Å². The van der Waals surface area contributed by atoms with Crippen LogP contribution in [0.5, 0.6) is 0 Å². The van der Waals surface area contributed by atoms with Crippen LogP contribution in [0.25, 0.3) is 0 Å². The summed E-state index contributed by atoms with van der Waals surface area (Å²) in [5.74, 6) is 0. The smallest absolute Gasteiger partial charge is 0.0716 e. The van der Waals surface area contributed by atoms with Gasteiger partial charge in [-0.2, -0.15) is 0 Å². The van der Waals surface area contributed by atoms with Gasteiger partial charge in [-0.05, 0) is 49.0 Å². The van der Waals surface area contributed by atoms with Crippen LogP contribution in [0, 0.1) is 0 Å². The number of methoxy groups -OCH3 is 1. The molecule has 0 aliphatic carbocycles. The van der Waals surface area contributed by atoms with Gasteiger partial charge in [-0.3, -0.25) is 0 Å². The first kappa shape index (κ1) is 18.1. The van der Waals surface area contributed by atoms with Crippen molar-refractivity contribution in [2.45, 2.75) is 38.5 Å². The quantitative estimate of drug-likeness (QED) is 0.795. The van der Waals surface area contributed by atoms with E-state index in [0.717, 1.165) is 13.0 Å². The Morgan fingerprint density at radius 3 is 2.36 bits per heavy atom. The Kier molecular flexibility index (Phi) is 7.04. The molecule has 134 valence electrons. The van der Waals surface area contributed by atoms with Crippen LogP contribution in [0.1, 0.15) is 29.5 Å². The van der Waals surface area contributed by atoms with E-state index in [1.165, 1.54) is 49.2 Å². The Hall–Kier alpha value is -1.68. The molecule has 1 fully saturated rings. The second-order valence-electron chi connectivity index (χ2n) is 6.93. The molecule has 1 saturated heterocycles. The maximum absolute atomic E-state index is 5.30. The van der Waals surface area contributed by atoms with Gasteiger partial charge >= 0.3 is 0 Å². The van der Waals surface area contributed by atoms with E-state index in [0.29, 0.717) is 12.6 Å². The average Bonchev–Trinajstić information content (AvgIpc) is 2.68. The van der Waals surface area contributed by atoms with E-state index in [1.54, 1.807) is 7.11 Å². The molecule has 1 aliphatic heterocycles. The largest absolute Gasteiger partial charge is 0.380 e. The van der Waals surface area contributed by atoms with E-state index in [9.17, 15) is 0 Å². The molecule has 3 rings (SSSR count). The second-order valence-corrected chi connectivity index (χ2v) is 6.93. The SMILES string of the molecule is COCc1ccccc1CNC1CCN(CCc2ccccc2)CC1. The van der Waals surface area contributed by atoms with Crippen molar-refractivity contribution in [3.8, 4) is 0 Å². The van der Waals surface area contributed by atoms with Crippen molar-refractivity contribution in [3.63, 3.8) is 0 Å². The van der Waals surface area contributed by atoms with Gasteiger partial charge in [0.2, 0.25) is 0 Å². The van der Waals surface area contributed by atoms with Crippen LogP contribution in [0.4, 0.5) is 0 Å². The highest BCUT2D eigenvalue weighted by atomic mass is 16.5. The molecule has 1 N–H and O–H groups in total. The lowest BCUT2D eigenvalue weighted by Gasteiger charge is -2.32. The Bertz CT molecular complexity index is 621. The lowest BCUT2D eigenvalue weighted by atomic mass is 10.0. The first-order chi connectivity index (χ1) is 12.3. The second kappa shape index (κ2) is 9.71. The molecule has 3 heteroatoms. The van der Waals surface area contributed by atoms with Gasteiger partial charge in [0.25, 0.3) is 0 Å². The molecule has 0 amide bonds. The van der Waals surface area contributed by atoms with E-state index in [1.807, 2.05) is 0 Å². The van der Waals surface area contributed by atoms with Crippen molar-refractivity contribution in [1.29, 1.82) is 0 Å². The highest BCUT2D eigenvalue weighted by molar-refractivity contribution is 5.26. The lowest BCUT2D eigenvalue weighted by molar-refractivity contribution is 0.183. The fourth-order valence-corrected chi connectivity index (χ4v) is 3.57. The molecular weight excluding hydrogens is 308 g/mol. The van der Waals surface area contributed by atoms with Crippen molar-refractivity contribution in [1.82, 2.24) is 10.2 Å². The van der Waals surface area contributed by atoms with Crippen LogP contribution in [0.15, 0.2) is 54.6 Å². The van der Waals surface area contributed by atoms with Crippen molar-refractivity contribution >= 4 is 0 Å². The number of ether oxygens (including phenoxy) is 1. The third kappa shape index (κ3) is 5.67. The number of benzene rings is 2. The number of likely N-dealkylation sites (tertiary alicyclic amines) is 1. The molecule has 0 saturated carbocycles. The van der Waals surface area contributed by atoms with Gasteiger partial charge in [0.05, 0.1) is 6.61 Å². The maximum atomic E-state index is 5.30. The summed E-state index contributed by atoms with van der Waals surface area (Å²) in [5, 5.41) is 3.75. The predicted molar refractivity (Wildman–Crippen MR) is 104 cm³/mol. The summed E-state index contributed by atoms with van der Waals surface area (Å²) in [5.41, 5.74) is 4.09. The van der Waals surface area contributed by atoms with Gasteiger partial charge in [0, 0.05) is 26.2 Å². The molecule has 0 aromatic heterocycles. The zero-order chi connectivity index (χ0) is 17.3. The lowest BCUT2D eigenvalue weighted by Crippen LogP contribution is -2.42. The number of nitrogens with one attached hydrogen (secondary N) is 1. The number of hydrogen-bond acceptors (Lipinski definition) is 3. The van der Waals surface area contributed by atoms with Gasteiger partial charge < -0.3 is 15.0 Å². The van der Waals surface area contributed by atoms with E-state index < -0.39 is 0 Å². The molecule has 1 aliphatic rings. The number of hydrogen-bond donors (Lipinski definition) is 1.